The molecule has 0 aromatic heterocycles. The third-order valence-corrected chi connectivity index (χ3v) is 4.99. The number of ether oxygens (including phenoxy) is 2. The Bertz CT molecular complexity index is 859. The van der Waals surface area contributed by atoms with Crippen LogP contribution in [0.1, 0.15) is 24.8 Å². The van der Waals surface area contributed by atoms with Crippen molar-refractivity contribution < 1.29 is 14.3 Å². The van der Waals surface area contributed by atoms with E-state index in [1.807, 2.05) is 29.2 Å². The fourth-order valence-electron chi connectivity index (χ4n) is 3.23. The summed E-state index contributed by atoms with van der Waals surface area (Å²) >= 11 is 5.66. The van der Waals surface area contributed by atoms with E-state index in [-0.39, 0.29) is 5.78 Å². The molecular formula is C21H23NO3S. The zero-order chi connectivity index (χ0) is 18.5. The number of allylic oxidation sites excluding steroid dienone is 1. The molecule has 0 spiro atoms. The van der Waals surface area contributed by atoms with Crippen molar-refractivity contribution in [3.05, 3.63) is 48.0 Å². The number of hydrogen-bond donors (Lipinski definition) is 0. The van der Waals surface area contributed by atoms with Gasteiger partial charge in [0.15, 0.2) is 5.78 Å². The van der Waals surface area contributed by atoms with Gasteiger partial charge in [-0.25, -0.2) is 0 Å². The van der Waals surface area contributed by atoms with E-state index in [0.29, 0.717) is 19.6 Å². The van der Waals surface area contributed by atoms with Crippen molar-refractivity contribution in [2.24, 2.45) is 0 Å². The number of hydrogen-bond acceptors (Lipinski definition) is 4. The number of methoxy groups -OCH3 is 2. The predicted molar refractivity (Wildman–Crippen MR) is 109 cm³/mol. The number of rotatable bonds is 5. The van der Waals surface area contributed by atoms with Crippen molar-refractivity contribution in [1.29, 1.82) is 0 Å². The fraction of sp³-hybridized carbons (Fsp3) is 0.333. The van der Waals surface area contributed by atoms with Gasteiger partial charge in [-0.15, -0.1) is 0 Å². The second-order valence-corrected chi connectivity index (χ2v) is 6.76. The largest absolute Gasteiger partial charge is 0.496 e. The molecule has 0 saturated carbocycles. The summed E-state index contributed by atoms with van der Waals surface area (Å²) in [4.78, 5) is 15.2. The summed E-state index contributed by atoms with van der Waals surface area (Å²) in [5.41, 5.74) is 1.67. The molecule has 1 aliphatic heterocycles. The van der Waals surface area contributed by atoms with Gasteiger partial charge in [0.05, 0.1) is 24.4 Å². The molecule has 0 amide bonds. The molecule has 0 unspecified atom stereocenters. The Kier molecular flexibility index (Phi) is 6.01. The van der Waals surface area contributed by atoms with Crippen LogP contribution in [0.5, 0.6) is 5.75 Å². The van der Waals surface area contributed by atoms with Gasteiger partial charge in [0.25, 0.3) is 0 Å². The highest BCUT2D eigenvalue weighted by atomic mass is 32.1. The molecule has 0 radical (unpaired) electrons. The quantitative estimate of drug-likeness (QED) is 0.738. The second kappa shape index (κ2) is 8.43. The highest BCUT2D eigenvalue weighted by Gasteiger charge is 2.23. The summed E-state index contributed by atoms with van der Waals surface area (Å²) < 4.78 is 10.9. The van der Waals surface area contributed by atoms with Crippen LogP contribution < -0.4 is 4.74 Å². The van der Waals surface area contributed by atoms with Crippen LogP contribution in [0, 0.1) is 0 Å². The van der Waals surface area contributed by atoms with Crippen molar-refractivity contribution in [2.75, 3.05) is 27.4 Å². The predicted octanol–water partition coefficient (Wildman–Crippen LogP) is 4.22. The Morgan fingerprint density at radius 1 is 1.12 bits per heavy atom. The summed E-state index contributed by atoms with van der Waals surface area (Å²) in [5, 5.41) is 2.19. The first kappa shape index (κ1) is 18.5. The lowest BCUT2D eigenvalue weighted by Gasteiger charge is -2.30. The van der Waals surface area contributed by atoms with Gasteiger partial charge in [0.2, 0.25) is 0 Å². The first-order valence-electron chi connectivity index (χ1n) is 8.75. The lowest BCUT2D eigenvalue weighted by atomic mass is 9.99. The van der Waals surface area contributed by atoms with Gasteiger partial charge in [0, 0.05) is 31.7 Å². The molecule has 0 bridgehead atoms. The van der Waals surface area contributed by atoms with E-state index in [9.17, 15) is 4.79 Å². The maximum absolute atomic E-state index is 12.4. The van der Waals surface area contributed by atoms with E-state index in [1.54, 1.807) is 20.3 Å². The lowest BCUT2D eigenvalue weighted by Crippen LogP contribution is -2.33. The number of nitrogens with zero attached hydrogens (tertiary/aromatic N) is 1. The number of fused-ring (bicyclic) bond motifs is 1. The van der Waals surface area contributed by atoms with E-state index >= 15 is 0 Å². The number of benzene rings is 2. The van der Waals surface area contributed by atoms with Crippen LogP contribution in [-0.4, -0.2) is 43.0 Å². The van der Waals surface area contributed by atoms with Crippen LogP contribution in [0.25, 0.3) is 16.5 Å². The maximum Gasteiger partial charge on any atom is 0.157 e. The first-order valence-corrected chi connectivity index (χ1v) is 9.16. The van der Waals surface area contributed by atoms with Gasteiger partial charge in [-0.2, -0.15) is 0 Å². The number of carbonyl (C=O) groups excluding carboxylic acids is 1. The van der Waals surface area contributed by atoms with Crippen molar-refractivity contribution in [2.45, 2.75) is 19.3 Å². The van der Waals surface area contributed by atoms with E-state index in [0.717, 1.165) is 45.6 Å². The normalized spacial score (nSPS) is 15.6. The average Bonchev–Trinajstić information content (AvgIpc) is 2.65. The van der Waals surface area contributed by atoms with E-state index in [1.165, 1.54) is 0 Å². The van der Waals surface area contributed by atoms with Crippen molar-refractivity contribution in [1.82, 2.24) is 4.90 Å². The minimum Gasteiger partial charge on any atom is -0.496 e. The Hall–Kier alpha value is -2.24. The van der Waals surface area contributed by atoms with Gasteiger partial charge in [-0.3, -0.25) is 4.79 Å². The lowest BCUT2D eigenvalue weighted by molar-refractivity contribution is -0.114. The molecular weight excluding hydrogens is 346 g/mol. The fourth-order valence-corrected chi connectivity index (χ4v) is 3.56. The minimum absolute atomic E-state index is 0.111. The molecule has 26 heavy (non-hydrogen) atoms. The molecule has 3 rings (SSSR count). The van der Waals surface area contributed by atoms with Crippen LogP contribution in [0.2, 0.25) is 0 Å². The summed E-state index contributed by atoms with van der Waals surface area (Å²) in [7, 11) is 3.31. The molecule has 0 fully saturated rings. The highest BCUT2D eigenvalue weighted by Crippen LogP contribution is 2.34. The molecule has 0 aliphatic carbocycles. The average molecular weight is 369 g/mol. The van der Waals surface area contributed by atoms with Gasteiger partial charge in [0.1, 0.15) is 5.75 Å². The number of thiocarbonyl (C=S) groups is 1. The Morgan fingerprint density at radius 2 is 1.85 bits per heavy atom. The van der Waals surface area contributed by atoms with Crippen molar-refractivity contribution in [3.63, 3.8) is 0 Å². The van der Waals surface area contributed by atoms with E-state index in [2.05, 4.69) is 12.1 Å². The number of carbonyl (C=O) groups is 1. The van der Waals surface area contributed by atoms with E-state index in [4.69, 9.17) is 21.7 Å². The third-order valence-electron chi connectivity index (χ3n) is 4.57. The minimum atomic E-state index is 0.111. The highest BCUT2D eigenvalue weighted by molar-refractivity contribution is 7.80. The SMILES string of the molecule is COCCN1C(=S)CCCC(=O)C=C1c1cc2ccccc2cc1OC. The standard InChI is InChI=1S/C21H23NO3S/c1-24-11-10-22-19(14-17(23)8-5-9-21(22)26)18-12-15-6-3-4-7-16(15)13-20(18)25-2/h3-4,6-7,12-14H,5,8-11H2,1-2H3. The molecule has 136 valence electrons. The summed E-state index contributed by atoms with van der Waals surface area (Å²) in [6.45, 7) is 1.13. The Labute approximate surface area is 159 Å². The molecule has 0 saturated heterocycles. The molecule has 4 nitrogen and oxygen atoms in total. The first-order chi connectivity index (χ1) is 12.6. The monoisotopic (exact) mass is 369 g/mol. The van der Waals surface area contributed by atoms with Crippen LogP contribution >= 0.6 is 12.2 Å². The van der Waals surface area contributed by atoms with Crippen LogP contribution in [0.3, 0.4) is 0 Å². The molecule has 2 aromatic carbocycles. The Morgan fingerprint density at radius 3 is 2.54 bits per heavy atom. The summed E-state index contributed by atoms with van der Waals surface area (Å²) in [6.07, 6.45) is 3.71. The second-order valence-electron chi connectivity index (χ2n) is 6.29. The zero-order valence-corrected chi connectivity index (χ0v) is 16.0. The van der Waals surface area contributed by atoms with Crippen molar-refractivity contribution >= 4 is 39.5 Å². The van der Waals surface area contributed by atoms with E-state index < -0.39 is 0 Å². The van der Waals surface area contributed by atoms with Gasteiger partial charge >= 0.3 is 0 Å². The zero-order valence-electron chi connectivity index (χ0n) is 15.2. The summed E-state index contributed by atoms with van der Waals surface area (Å²) in [5.74, 6) is 0.841. The molecule has 0 atom stereocenters. The number of ketones is 1. The molecule has 0 N–H and O–H groups in total. The van der Waals surface area contributed by atoms with Crippen LogP contribution in [0.4, 0.5) is 0 Å². The van der Waals surface area contributed by atoms with Gasteiger partial charge in [-0.1, -0.05) is 36.5 Å². The molecule has 5 heteroatoms. The third kappa shape index (κ3) is 3.94. The topological polar surface area (TPSA) is 38.8 Å². The molecule has 2 aromatic rings. The molecule has 1 heterocycles. The van der Waals surface area contributed by atoms with Gasteiger partial charge in [-0.05, 0) is 35.7 Å². The maximum atomic E-state index is 12.4. The van der Waals surface area contributed by atoms with Crippen LogP contribution in [-0.2, 0) is 9.53 Å². The van der Waals surface area contributed by atoms with Gasteiger partial charge < -0.3 is 14.4 Å². The van der Waals surface area contributed by atoms with Crippen molar-refractivity contribution in [3.8, 4) is 5.75 Å². The van der Waals surface area contributed by atoms with Crippen LogP contribution in [0.15, 0.2) is 42.5 Å². The molecule has 1 aliphatic rings. The smallest absolute Gasteiger partial charge is 0.157 e. The Balaban J connectivity index is 2.17. The summed E-state index contributed by atoms with van der Waals surface area (Å²) in [6, 6.07) is 12.2.